The molecule has 8 heteroatoms. The van der Waals surface area contributed by atoms with E-state index in [2.05, 4.69) is 20.3 Å². The molecule has 4 aromatic rings. The second kappa shape index (κ2) is 9.45. The summed E-state index contributed by atoms with van der Waals surface area (Å²) in [6.45, 7) is 3.80. The number of rotatable bonds is 7. The van der Waals surface area contributed by atoms with Gasteiger partial charge in [-0.05, 0) is 37.1 Å². The van der Waals surface area contributed by atoms with Gasteiger partial charge in [-0.15, -0.1) is 23.1 Å². The third kappa shape index (κ3) is 4.86. The van der Waals surface area contributed by atoms with Crippen molar-refractivity contribution in [3.8, 4) is 11.1 Å². The minimum absolute atomic E-state index is 0.0553. The minimum Gasteiger partial charge on any atom is -0.349 e. The van der Waals surface area contributed by atoms with E-state index in [0.717, 1.165) is 16.7 Å². The fraction of sp³-hybridized carbons (Fsp3) is 0.217. The van der Waals surface area contributed by atoms with Gasteiger partial charge in [-0.3, -0.25) is 14.6 Å². The van der Waals surface area contributed by atoms with Gasteiger partial charge in [0.05, 0.1) is 22.4 Å². The number of benzene rings is 1. The molecule has 2 unspecified atom stereocenters. The van der Waals surface area contributed by atoms with E-state index in [1.807, 2.05) is 61.7 Å². The van der Waals surface area contributed by atoms with E-state index in [-0.39, 0.29) is 22.8 Å². The fourth-order valence-corrected chi connectivity index (χ4v) is 4.97. The van der Waals surface area contributed by atoms with Crippen molar-refractivity contribution >= 4 is 39.2 Å². The monoisotopic (exact) mass is 450 g/mol. The number of H-pyrrole nitrogens is 1. The average molecular weight is 451 g/mol. The van der Waals surface area contributed by atoms with Crippen molar-refractivity contribution in [1.82, 2.24) is 20.3 Å². The summed E-state index contributed by atoms with van der Waals surface area (Å²) in [5.41, 5.74) is 2.75. The summed E-state index contributed by atoms with van der Waals surface area (Å²) < 4.78 is 0. The Labute approximate surface area is 188 Å². The predicted octanol–water partition coefficient (Wildman–Crippen LogP) is 4.55. The summed E-state index contributed by atoms with van der Waals surface area (Å²) >= 11 is 2.90. The number of nitrogens with one attached hydrogen (secondary N) is 2. The summed E-state index contributed by atoms with van der Waals surface area (Å²) in [7, 11) is 0. The van der Waals surface area contributed by atoms with Crippen LogP contribution in [0.15, 0.2) is 65.0 Å². The maximum absolute atomic E-state index is 12.8. The molecule has 0 fully saturated rings. The highest BCUT2D eigenvalue weighted by Gasteiger charge is 2.18. The summed E-state index contributed by atoms with van der Waals surface area (Å²) in [5.74, 6) is 0.966. The van der Waals surface area contributed by atoms with Gasteiger partial charge in [0, 0.05) is 23.3 Å². The van der Waals surface area contributed by atoms with E-state index in [0.29, 0.717) is 21.8 Å². The van der Waals surface area contributed by atoms with Crippen molar-refractivity contribution < 1.29 is 4.79 Å². The van der Waals surface area contributed by atoms with Crippen molar-refractivity contribution in [2.24, 2.45) is 0 Å². The second-order valence-electron chi connectivity index (χ2n) is 7.17. The number of amides is 1. The van der Waals surface area contributed by atoms with E-state index in [9.17, 15) is 9.59 Å². The Morgan fingerprint density at radius 2 is 1.90 bits per heavy atom. The number of hydrogen-bond acceptors (Lipinski definition) is 6. The number of thiophene rings is 1. The Kier molecular flexibility index (Phi) is 6.48. The van der Waals surface area contributed by atoms with Crippen LogP contribution in [0.4, 0.5) is 0 Å². The van der Waals surface area contributed by atoms with Crippen LogP contribution in [0.1, 0.15) is 31.3 Å². The number of carbonyl (C=O) groups is 1. The minimum atomic E-state index is -0.284. The maximum Gasteiger partial charge on any atom is 0.260 e. The molecular weight excluding hydrogens is 428 g/mol. The van der Waals surface area contributed by atoms with E-state index in [1.165, 1.54) is 23.1 Å². The topological polar surface area (TPSA) is 87.7 Å². The molecule has 0 saturated carbocycles. The third-order valence-corrected chi connectivity index (χ3v) is 7.01. The molecule has 0 aliphatic heterocycles. The van der Waals surface area contributed by atoms with Gasteiger partial charge >= 0.3 is 0 Å². The van der Waals surface area contributed by atoms with Gasteiger partial charge in [-0.25, -0.2) is 4.98 Å². The predicted molar refractivity (Wildman–Crippen MR) is 127 cm³/mol. The Morgan fingerprint density at radius 3 is 2.65 bits per heavy atom. The lowest BCUT2D eigenvalue weighted by atomic mass is 10.1. The number of hydrogen-bond donors (Lipinski definition) is 2. The lowest BCUT2D eigenvalue weighted by Crippen LogP contribution is -2.33. The van der Waals surface area contributed by atoms with Crippen molar-refractivity contribution in [3.63, 3.8) is 0 Å². The molecular formula is C23H22N4O2S2. The average Bonchev–Trinajstić information content (AvgIpc) is 3.23. The number of carbonyl (C=O) groups excluding carboxylic acids is 1. The van der Waals surface area contributed by atoms with E-state index >= 15 is 0 Å². The number of aromatic amines is 1. The van der Waals surface area contributed by atoms with Crippen molar-refractivity contribution in [2.45, 2.75) is 30.9 Å². The number of aromatic nitrogens is 3. The maximum atomic E-state index is 12.8. The zero-order valence-corrected chi connectivity index (χ0v) is 18.8. The molecule has 2 N–H and O–H groups in total. The first-order chi connectivity index (χ1) is 15.0. The molecule has 3 aromatic heterocycles. The van der Waals surface area contributed by atoms with E-state index in [1.54, 1.807) is 12.4 Å². The quantitative estimate of drug-likeness (QED) is 0.431. The van der Waals surface area contributed by atoms with Gasteiger partial charge in [0.15, 0.2) is 0 Å². The van der Waals surface area contributed by atoms with Gasteiger partial charge in [0.25, 0.3) is 5.56 Å². The summed E-state index contributed by atoms with van der Waals surface area (Å²) in [6, 6.07) is 13.5. The highest BCUT2D eigenvalue weighted by Crippen LogP contribution is 2.30. The van der Waals surface area contributed by atoms with Gasteiger partial charge < -0.3 is 10.3 Å². The zero-order chi connectivity index (χ0) is 21.8. The van der Waals surface area contributed by atoms with Crippen LogP contribution in [0.3, 0.4) is 0 Å². The number of nitrogens with zero attached hydrogens (tertiary/aromatic N) is 2. The first-order valence-electron chi connectivity index (χ1n) is 9.90. The van der Waals surface area contributed by atoms with Gasteiger partial charge in [0.1, 0.15) is 10.7 Å². The second-order valence-corrected chi connectivity index (χ2v) is 9.36. The normalized spacial score (nSPS) is 13.1. The molecule has 0 aliphatic carbocycles. The molecule has 2 atom stereocenters. The van der Waals surface area contributed by atoms with Crippen molar-refractivity contribution in [1.29, 1.82) is 0 Å². The Bertz CT molecular complexity index is 1240. The first kappa shape index (κ1) is 21.3. The van der Waals surface area contributed by atoms with Crippen LogP contribution in [-0.4, -0.2) is 26.1 Å². The van der Waals surface area contributed by atoms with E-state index in [4.69, 9.17) is 0 Å². The molecule has 0 bridgehead atoms. The van der Waals surface area contributed by atoms with Crippen molar-refractivity contribution in [2.75, 3.05) is 0 Å². The molecule has 158 valence electrons. The smallest absolute Gasteiger partial charge is 0.260 e. The van der Waals surface area contributed by atoms with Crippen LogP contribution in [0.25, 0.3) is 21.3 Å². The van der Waals surface area contributed by atoms with Crippen LogP contribution in [0, 0.1) is 0 Å². The molecule has 4 rings (SSSR count). The molecule has 0 aliphatic rings. The number of fused-ring (bicyclic) bond motifs is 1. The van der Waals surface area contributed by atoms with E-state index < -0.39 is 0 Å². The third-order valence-electron chi connectivity index (χ3n) is 4.98. The lowest BCUT2D eigenvalue weighted by Gasteiger charge is -2.17. The van der Waals surface area contributed by atoms with Gasteiger partial charge in [-0.2, -0.15) is 0 Å². The standard InChI is InChI=1S/C23H22N4O2S2/c1-14(16-8-10-24-11-9-16)25-21(28)15(2)30-13-19-26-22(29)20-18(12-31-23(20)27-19)17-6-4-3-5-7-17/h3-12,14-15H,13H2,1-2H3,(H,25,28)(H,26,27,29). The van der Waals surface area contributed by atoms with Crippen LogP contribution in [-0.2, 0) is 10.5 Å². The highest BCUT2D eigenvalue weighted by molar-refractivity contribution is 7.99. The Balaban J connectivity index is 1.43. The molecule has 0 saturated heterocycles. The SMILES string of the molecule is CC(SCc1nc2scc(-c3ccccc3)c2c(=O)[nH]1)C(=O)NC(C)c1ccncc1. The Morgan fingerprint density at radius 1 is 1.16 bits per heavy atom. The molecule has 0 radical (unpaired) electrons. The molecule has 31 heavy (non-hydrogen) atoms. The molecule has 6 nitrogen and oxygen atoms in total. The largest absolute Gasteiger partial charge is 0.349 e. The number of pyridine rings is 1. The lowest BCUT2D eigenvalue weighted by molar-refractivity contribution is -0.120. The molecule has 1 aromatic carbocycles. The summed E-state index contributed by atoms with van der Waals surface area (Å²) in [6.07, 6.45) is 3.42. The highest BCUT2D eigenvalue weighted by atomic mass is 32.2. The molecule has 0 spiro atoms. The molecule has 1 amide bonds. The first-order valence-corrected chi connectivity index (χ1v) is 11.8. The summed E-state index contributed by atoms with van der Waals surface area (Å²) in [5, 5.41) is 5.31. The van der Waals surface area contributed by atoms with Crippen LogP contribution in [0.2, 0.25) is 0 Å². The molecule has 3 heterocycles. The Hall–Kier alpha value is -2.97. The van der Waals surface area contributed by atoms with Crippen LogP contribution < -0.4 is 10.9 Å². The van der Waals surface area contributed by atoms with Crippen LogP contribution in [0.5, 0.6) is 0 Å². The summed E-state index contributed by atoms with van der Waals surface area (Å²) in [4.78, 5) is 37.5. The van der Waals surface area contributed by atoms with Gasteiger partial charge in [0.2, 0.25) is 5.91 Å². The number of thioether (sulfide) groups is 1. The zero-order valence-electron chi connectivity index (χ0n) is 17.2. The van der Waals surface area contributed by atoms with Crippen LogP contribution >= 0.6 is 23.1 Å². The van der Waals surface area contributed by atoms with Gasteiger partial charge in [-0.1, -0.05) is 30.3 Å². The fourth-order valence-electron chi connectivity index (χ4n) is 3.24. The van der Waals surface area contributed by atoms with Crippen molar-refractivity contribution in [3.05, 3.63) is 82.0 Å².